The lowest BCUT2D eigenvalue weighted by atomic mass is 10.1. The zero-order chi connectivity index (χ0) is 16.3. The molecule has 1 aromatic carbocycles. The van der Waals surface area contributed by atoms with Crippen LogP contribution in [-0.2, 0) is 15.6 Å². The Morgan fingerprint density at radius 3 is 2.45 bits per heavy atom. The number of carbonyl (C=O) groups is 1. The van der Waals surface area contributed by atoms with E-state index in [1.807, 2.05) is 0 Å². The largest absolute Gasteiger partial charge is 0.289 e. The van der Waals surface area contributed by atoms with Crippen molar-refractivity contribution in [2.75, 3.05) is 5.75 Å². The summed E-state index contributed by atoms with van der Waals surface area (Å²) >= 11 is 9.11. The lowest BCUT2D eigenvalue weighted by Gasteiger charge is -2.07. The molecule has 0 amide bonds. The van der Waals surface area contributed by atoms with Crippen LogP contribution in [0.3, 0.4) is 0 Å². The van der Waals surface area contributed by atoms with Crippen molar-refractivity contribution >= 4 is 43.2 Å². The number of carbonyl (C=O) groups excluding carboxylic acids is 1. The first-order valence-electron chi connectivity index (χ1n) is 6.47. The quantitative estimate of drug-likeness (QED) is 0.716. The third-order valence-electron chi connectivity index (χ3n) is 3.07. The Morgan fingerprint density at radius 1 is 1.27 bits per heavy atom. The van der Waals surface area contributed by atoms with E-state index in [-0.39, 0.29) is 17.3 Å². The predicted molar refractivity (Wildman–Crippen MR) is 90.0 cm³/mol. The van der Waals surface area contributed by atoms with Crippen molar-refractivity contribution in [3.8, 4) is 0 Å². The highest BCUT2D eigenvalue weighted by molar-refractivity contribution is 9.10. The first kappa shape index (κ1) is 17.1. The second kappa shape index (κ2) is 6.89. The molecule has 0 unspecified atom stereocenters. The van der Waals surface area contributed by atoms with E-state index >= 15 is 0 Å². The Hall–Kier alpha value is -1.24. The molecule has 0 aliphatic rings. The minimum Gasteiger partial charge on any atom is -0.289 e. The molecular formula is C15H13BrClNO3S. The number of aromatic nitrogens is 1. The Bertz CT molecular complexity index is 804. The summed E-state index contributed by atoms with van der Waals surface area (Å²) in [7, 11) is -3.16. The zero-order valence-electron chi connectivity index (χ0n) is 11.7. The van der Waals surface area contributed by atoms with Crippen LogP contribution in [0, 0.1) is 0 Å². The lowest BCUT2D eigenvalue weighted by molar-refractivity contribution is 0.103. The number of sulfone groups is 1. The van der Waals surface area contributed by atoms with Gasteiger partial charge in [0, 0.05) is 27.0 Å². The van der Waals surface area contributed by atoms with E-state index in [0.29, 0.717) is 26.3 Å². The van der Waals surface area contributed by atoms with Gasteiger partial charge in [-0.25, -0.2) is 8.42 Å². The molecule has 0 aliphatic heterocycles. The summed E-state index contributed by atoms with van der Waals surface area (Å²) in [5.41, 5.74) is 1.27. The summed E-state index contributed by atoms with van der Waals surface area (Å²) < 4.78 is 23.8. The van der Waals surface area contributed by atoms with Gasteiger partial charge < -0.3 is 0 Å². The van der Waals surface area contributed by atoms with E-state index in [0.717, 1.165) is 0 Å². The number of rotatable bonds is 5. The lowest BCUT2D eigenvalue weighted by Crippen LogP contribution is -2.09. The molecule has 1 heterocycles. The van der Waals surface area contributed by atoms with Crippen molar-refractivity contribution in [1.29, 1.82) is 0 Å². The van der Waals surface area contributed by atoms with Crippen LogP contribution in [0.2, 0.25) is 5.02 Å². The van der Waals surface area contributed by atoms with Gasteiger partial charge in [-0.15, -0.1) is 0 Å². The molecule has 1 aromatic heterocycles. The van der Waals surface area contributed by atoms with Crippen LogP contribution in [0.5, 0.6) is 0 Å². The maximum atomic E-state index is 12.4. The third-order valence-corrected chi connectivity index (χ3v) is 5.59. The molecule has 2 aromatic rings. The molecule has 4 nitrogen and oxygen atoms in total. The second-order valence-corrected chi connectivity index (χ2v) is 8.31. The maximum Gasteiger partial charge on any atom is 0.195 e. The summed E-state index contributed by atoms with van der Waals surface area (Å²) in [6.45, 7) is 1.59. The van der Waals surface area contributed by atoms with Crippen molar-refractivity contribution in [3.05, 3.63) is 62.8 Å². The number of halogens is 2. The molecule has 7 heteroatoms. The van der Waals surface area contributed by atoms with Crippen LogP contribution in [0.25, 0.3) is 0 Å². The van der Waals surface area contributed by atoms with Gasteiger partial charge in [0.25, 0.3) is 0 Å². The molecule has 2 rings (SSSR count). The van der Waals surface area contributed by atoms with E-state index in [9.17, 15) is 13.2 Å². The molecule has 0 spiro atoms. The normalized spacial score (nSPS) is 11.4. The topological polar surface area (TPSA) is 64.1 Å². The van der Waals surface area contributed by atoms with Gasteiger partial charge in [0.15, 0.2) is 15.6 Å². The Morgan fingerprint density at radius 2 is 1.91 bits per heavy atom. The van der Waals surface area contributed by atoms with Crippen molar-refractivity contribution < 1.29 is 13.2 Å². The summed E-state index contributed by atoms with van der Waals surface area (Å²) in [6, 6.07) is 8.10. The highest BCUT2D eigenvalue weighted by Crippen LogP contribution is 2.22. The molecular weight excluding hydrogens is 390 g/mol. The van der Waals surface area contributed by atoms with Gasteiger partial charge in [-0.1, -0.05) is 18.5 Å². The Kier molecular flexibility index (Phi) is 5.36. The van der Waals surface area contributed by atoms with E-state index in [1.165, 1.54) is 6.20 Å². The van der Waals surface area contributed by atoms with Gasteiger partial charge in [0.2, 0.25) is 0 Å². The van der Waals surface area contributed by atoms with Crippen molar-refractivity contribution in [1.82, 2.24) is 4.98 Å². The summed E-state index contributed by atoms with van der Waals surface area (Å²) in [6.07, 6.45) is 1.39. The van der Waals surface area contributed by atoms with Gasteiger partial charge in [0.1, 0.15) is 0 Å². The standard InChI is InChI=1S/C15H13BrClNO3S/c1-2-22(20,21)9-12-7-14(16)13(8-18-12)15(19)10-3-5-11(17)6-4-10/h3-8H,2,9H2,1H3. The smallest absolute Gasteiger partial charge is 0.195 e. The number of hydrogen-bond acceptors (Lipinski definition) is 4. The molecule has 0 saturated heterocycles. The minimum atomic E-state index is -3.16. The van der Waals surface area contributed by atoms with Crippen molar-refractivity contribution in [3.63, 3.8) is 0 Å². The summed E-state index contributed by atoms with van der Waals surface area (Å²) in [5.74, 6) is -0.295. The average Bonchev–Trinajstić information content (AvgIpc) is 2.47. The monoisotopic (exact) mass is 401 g/mol. The molecule has 0 saturated carbocycles. The molecule has 0 fully saturated rings. The zero-order valence-corrected chi connectivity index (χ0v) is 14.9. The fourth-order valence-electron chi connectivity index (χ4n) is 1.80. The molecule has 0 bridgehead atoms. The van der Waals surface area contributed by atoms with Gasteiger partial charge >= 0.3 is 0 Å². The number of benzene rings is 1. The molecule has 0 aliphatic carbocycles. The first-order valence-corrected chi connectivity index (χ1v) is 9.46. The first-order chi connectivity index (χ1) is 10.3. The van der Waals surface area contributed by atoms with Crippen LogP contribution in [0.15, 0.2) is 41.0 Å². The van der Waals surface area contributed by atoms with Gasteiger partial charge in [-0.3, -0.25) is 9.78 Å². The highest BCUT2D eigenvalue weighted by Gasteiger charge is 2.16. The summed E-state index contributed by atoms with van der Waals surface area (Å²) in [4.78, 5) is 16.5. The third kappa shape index (κ3) is 4.15. The fourth-order valence-corrected chi connectivity index (χ4v) is 3.29. The van der Waals surface area contributed by atoms with E-state index in [2.05, 4.69) is 20.9 Å². The number of hydrogen-bond donors (Lipinski definition) is 0. The predicted octanol–water partition coefficient (Wildman–Crippen LogP) is 3.66. The number of ketones is 1. The van der Waals surface area contributed by atoms with E-state index < -0.39 is 9.84 Å². The second-order valence-electron chi connectivity index (χ2n) is 4.67. The fraction of sp³-hybridized carbons (Fsp3) is 0.200. The van der Waals surface area contributed by atoms with Crippen molar-refractivity contribution in [2.24, 2.45) is 0 Å². The van der Waals surface area contributed by atoms with Crippen LogP contribution >= 0.6 is 27.5 Å². The SMILES string of the molecule is CCS(=O)(=O)Cc1cc(Br)c(C(=O)c2ccc(Cl)cc2)cn1. The number of pyridine rings is 1. The molecule has 0 N–H and O–H groups in total. The Labute approximate surface area is 142 Å². The highest BCUT2D eigenvalue weighted by atomic mass is 79.9. The van der Waals surface area contributed by atoms with Gasteiger partial charge in [-0.2, -0.15) is 0 Å². The average molecular weight is 403 g/mol. The molecule has 22 heavy (non-hydrogen) atoms. The van der Waals surface area contributed by atoms with Crippen LogP contribution < -0.4 is 0 Å². The minimum absolute atomic E-state index is 0.0533. The van der Waals surface area contributed by atoms with E-state index in [1.54, 1.807) is 37.3 Å². The van der Waals surface area contributed by atoms with Gasteiger partial charge in [-0.05, 0) is 46.3 Å². The molecule has 0 atom stereocenters. The van der Waals surface area contributed by atoms with Crippen LogP contribution in [-0.4, -0.2) is 24.9 Å². The van der Waals surface area contributed by atoms with Crippen LogP contribution in [0.4, 0.5) is 0 Å². The van der Waals surface area contributed by atoms with Gasteiger partial charge in [0.05, 0.1) is 17.0 Å². The van der Waals surface area contributed by atoms with E-state index in [4.69, 9.17) is 11.6 Å². The molecule has 116 valence electrons. The number of nitrogens with zero attached hydrogens (tertiary/aromatic N) is 1. The summed E-state index contributed by atoms with van der Waals surface area (Å²) in [5, 5.41) is 0.550. The molecule has 0 radical (unpaired) electrons. The Balaban J connectivity index is 2.30. The van der Waals surface area contributed by atoms with Crippen LogP contribution in [0.1, 0.15) is 28.5 Å². The van der Waals surface area contributed by atoms with Crippen molar-refractivity contribution in [2.45, 2.75) is 12.7 Å². The maximum absolute atomic E-state index is 12.4.